The molecule has 1 heterocycles. The third-order valence-corrected chi connectivity index (χ3v) is 4.11. The second-order valence-corrected chi connectivity index (χ2v) is 5.58. The van der Waals surface area contributed by atoms with Crippen LogP contribution >= 0.6 is 0 Å². The molecule has 2 aromatic rings. The van der Waals surface area contributed by atoms with Crippen molar-refractivity contribution in [2.45, 2.75) is 32.6 Å². The molecule has 1 unspecified atom stereocenters. The van der Waals surface area contributed by atoms with Crippen LogP contribution in [0.1, 0.15) is 31.0 Å². The van der Waals surface area contributed by atoms with Crippen LogP contribution in [-0.4, -0.2) is 18.1 Å². The Morgan fingerprint density at radius 1 is 1.42 bits per heavy atom. The van der Waals surface area contributed by atoms with Crippen molar-refractivity contribution in [1.29, 1.82) is 0 Å². The molecule has 0 bridgehead atoms. The number of hydrogen-bond donors (Lipinski definition) is 2. The maximum atomic E-state index is 13.4. The maximum absolute atomic E-state index is 13.4. The van der Waals surface area contributed by atoms with E-state index in [0.717, 1.165) is 36.8 Å². The van der Waals surface area contributed by atoms with E-state index < -0.39 is 0 Å². The van der Waals surface area contributed by atoms with Crippen molar-refractivity contribution in [3.63, 3.8) is 0 Å². The van der Waals surface area contributed by atoms with Gasteiger partial charge in [-0.3, -0.25) is 0 Å². The first-order valence-electron chi connectivity index (χ1n) is 7.27. The second-order valence-electron chi connectivity index (χ2n) is 5.58. The molecule has 1 aromatic carbocycles. The topological polar surface area (TPSA) is 27.8 Å². The van der Waals surface area contributed by atoms with E-state index in [4.69, 9.17) is 0 Å². The van der Waals surface area contributed by atoms with Gasteiger partial charge in [-0.2, -0.15) is 0 Å². The number of halogens is 1. The van der Waals surface area contributed by atoms with Gasteiger partial charge in [-0.15, -0.1) is 0 Å². The summed E-state index contributed by atoms with van der Waals surface area (Å²) in [4.78, 5) is 3.44. The van der Waals surface area contributed by atoms with E-state index in [-0.39, 0.29) is 5.82 Å². The van der Waals surface area contributed by atoms with Gasteiger partial charge in [0.15, 0.2) is 0 Å². The normalized spacial score (nSPS) is 18.7. The molecular weight excluding hydrogens is 239 g/mol. The van der Waals surface area contributed by atoms with E-state index in [0.29, 0.717) is 5.92 Å². The lowest BCUT2D eigenvalue weighted by molar-refractivity contribution is 0.424. The quantitative estimate of drug-likeness (QED) is 0.810. The van der Waals surface area contributed by atoms with Crippen molar-refractivity contribution < 1.29 is 4.39 Å². The number of benzene rings is 1. The van der Waals surface area contributed by atoms with Gasteiger partial charge in [-0.25, -0.2) is 4.39 Å². The van der Waals surface area contributed by atoms with Crippen LogP contribution in [0.3, 0.4) is 0 Å². The molecule has 0 fully saturated rings. The minimum absolute atomic E-state index is 0.138. The summed E-state index contributed by atoms with van der Waals surface area (Å²) in [6.45, 7) is 4.36. The lowest BCUT2D eigenvalue weighted by atomic mass is 9.86. The summed E-state index contributed by atoms with van der Waals surface area (Å²) in [7, 11) is 0. The van der Waals surface area contributed by atoms with Crippen molar-refractivity contribution in [2.24, 2.45) is 5.92 Å². The zero-order chi connectivity index (χ0) is 13.2. The van der Waals surface area contributed by atoms with Crippen LogP contribution in [0.5, 0.6) is 0 Å². The fourth-order valence-corrected chi connectivity index (χ4v) is 3.12. The van der Waals surface area contributed by atoms with Crippen LogP contribution in [0.2, 0.25) is 0 Å². The van der Waals surface area contributed by atoms with Gasteiger partial charge in [0.1, 0.15) is 5.82 Å². The first-order chi connectivity index (χ1) is 9.28. The Balaban J connectivity index is 1.82. The number of hydrogen-bond acceptors (Lipinski definition) is 1. The molecule has 1 aromatic heterocycles. The molecule has 19 heavy (non-hydrogen) atoms. The smallest absolute Gasteiger partial charge is 0.123 e. The molecule has 1 aliphatic rings. The van der Waals surface area contributed by atoms with Crippen molar-refractivity contribution in [2.75, 3.05) is 13.1 Å². The van der Waals surface area contributed by atoms with E-state index in [2.05, 4.69) is 17.2 Å². The highest BCUT2D eigenvalue weighted by Gasteiger charge is 2.22. The first-order valence-corrected chi connectivity index (χ1v) is 7.27. The molecule has 2 nitrogen and oxygen atoms in total. The molecule has 2 N–H and O–H groups in total. The third kappa shape index (κ3) is 2.52. The number of aromatic amines is 1. The molecule has 0 spiro atoms. The summed E-state index contributed by atoms with van der Waals surface area (Å²) >= 11 is 0. The monoisotopic (exact) mass is 260 g/mol. The van der Waals surface area contributed by atoms with Crippen LogP contribution in [-0.2, 0) is 12.8 Å². The van der Waals surface area contributed by atoms with Crippen LogP contribution in [0.15, 0.2) is 18.2 Å². The maximum Gasteiger partial charge on any atom is 0.123 e. The van der Waals surface area contributed by atoms with Gasteiger partial charge in [-0.1, -0.05) is 6.92 Å². The molecule has 3 rings (SSSR count). The van der Waals surface area contributed by atoms with Crippen molar-refractivity contribution in [3.8, 4) is 0 Å². The molecule has 0 saturated carbocycles. The average Bonchev–Trinajstić information content (AvgIpc) is 2.77. The first kappa shape index (κ1) is 12.7. The Bertz CT molecular complexity index is 573. The molecule has 0 saturated heterocycles. The highest BCUT2D eigenvalue weighted by molar-refractivity contribution is 5.85. The van der Waals surface area contributed by atoms with Gasteiger partial charge >= 0.3 is 0 Å². The van der Waals surface area contributed by atoms with Gasteiger partial charge < -0.3 is 10.3 Å². The number of rotatable bonds is 4. The van der Waals surface area contributed by atoms with E-state index in [1.807, 2.05) is 6.07 Å². The van der Waals surface area contributed by atoms with Crippen LogP contribution < -0.4 is 5.32 Å². The van der Waals surface area contributed by atoms with E-state index >= 15 is 0 Å². The Morgan fingerprint density at radius 2 is 2.32 bits per heavy atom. The Morgan fingerprint density at radius 3 is 3.16 bits per heavy atom. The van der Waals surface area contributed by atoms with Crippen LogP contribution in [0, 0.1) is 11.7 Å². The van der Waals surface area contributed by atoms with Crippen LogP contribution in [0.4, 0.5) is 4.39 Å². The zero-order valence-corrected chi connectivity index (χ0v) is 11.4. The fourth-order valence-electron chi connectivity index (χ4n) is 3.12. The van der Waals surface area contributed by atoms with Crippen molar-refractivity contribution in [3.05, 3.63) is 35.3 Å². The standard InChI is InChI=1S/C16H21FN2/c1-2-7-18-10-11-3-5-15-13(8-11)14-9-12(17)4-6-16(14)19-15/h4,6,9,11,18-19H,2-3,5,7-8,10H2,1H3. The average molecular weight is 260 g/mol. The predicted molar refractivity (Wildman–Crippen MR) is 76.9 cm³/mol. The third-order valence-electron chi connectivity index (χ3n) is 4.11. The lowest BCUT2D eigenvalue weighted by Gasteiger charge is -2.22. The Labute approximate surface area is 113 Å². The molecule has 0 aliphatic heterocycles. The summed E-state index contributed by atoms with van der Waals surface area (Å²) < 4.78 is 13.4. The number of aromatic nitrogens is 1. The summed E-state index contributed by atoms with van der Waals surface area (Å²) in [5.74, 6) is 0.543. The van der Waals surface area contributed by atoms with Crippen LogP contribution in [0.25, 0.3) is 10.9 Å². The van der Waals surface area contributed by atoms with Gasteiger partial charge in [-0.05, 0) is 68.5 Å². The number of fused-ring (bicyclic) bond motifs is 3. The van der Waals surface area contributed by atoms with Gasteiger partial charge in [0, 0.05) is 16.6 Å². The minimum Gasteiger partial charge on any atom is -0.358 e. The molecular formula is C16H21FN2. The van der Waals surface area contributed by atoms with E-state index in [9.17, 15) is 4.39 Å². The van der Waals surface area contributed by atoms with E-state index in [1.165, 1.54) is 30.2 Å². The summed E-state index contributed by atoms with van der Waals surface area (Å²) in [5, 5.41) is 4.58. The number of H-pyrrole nitrogens is 1. The number of aryl methyl sites for hydroxylation is 1. The van der Waals surface area contributed by atoms with Gasteiger partial charge in [0.2, 0.25) is 0 Å². The molecule has 3 heteroatoms. The summed E-state index contributed by atoms with van der Waals surface area (Å²) in [5.41, 5.74) is 3.73. The summed E-state index contributed by atoms with van der Waals surface area (Å²) in [6, 6.07) is 5.06. The molecule has 0 amide bonds. The second kappa shape index (κ2) is 5.33. The lowest BCUT2D eigenvalue weighted by Crippen LogP contribution is -2.27. The zero-order valence-electron chi connectivity index (χ0n) is 11.4. The van der Waals surface area contributed by atoms with E-state index in [1.54, 1.807) is 6.07 Å². The molecule has 0 radical (unpaired) electrons. The fraction of sp³-hybridized carbons (Fsp3) is 0.500. The Kier molecular flexibility index (Phi) is 3.56. The van der Waals surface area contributed by atoms with Gasteiger partial charge in [0.05, 0.1) is 0 Å². The Hall–Kier alpha value is -1.35. The predicted octanol–water partition coefficient (Wildman–Crippen LogP) is 3.41. The van der Waals surface area contributed by atoms with Gasteiger partial charge in [0.25, 0.3) is 0 Å². The SMILES string of the molecule is CCCNCC1CCc2[nH]c3ccc(F)cc3c2C1. The van der Waals surface area contributed by atoms with Crippen molar-refractivity contribution >= 4 is 10.9 Å². The highest BCUT2D eigenvalue weighted by atomic mass is 19.1. The minimum atomic E-state index is -0.138. The molecule has 1 atom stereocenters. The largest absolute Gasteiger partial charge is 0.358 e. The highest BCUT2D eigenvalue weighted by Crippen LogP contribution is 2.31. The summed E-state index contributed by atoms with van der Waals surface area (Å²) in [6.07, 6.45) is 4.55. The molecule has 1 aliphatic carbocycles. The number of nitrogens with one attached hydrogen (secondary N) is 2. The van der Waals surface area contributed by atoms with Crippen molar-refractivity contribution in [1.82, 2.24) is 10.3 Å². The molecule has 102 valence electrons.